The SMILES string of the molecule is CCN1c2cc(C)c(/C=C(/C#N)C(=O)NCc3ccccc3)cc2[C@H](C)CC1(C)C. The topological polar surface area (TPSA) is 56.1 Å². The number of rotatable bonds is 5. The van der Waals surface area contributed by atoms with Gasteiger partial charge in [0.2, 0.25) is 0 Å². The molecule has 1 aliphatic rings. The van der Waals surface area contributed by atoms with E-state index in [4.69, 9.17) is 0 Å². The van der Waals surface area contributed by atoms with Crippen LogP contribution in [0.25, 0.3) is 6.08 Å². The minimum absolute atomic E-state index is 0.111. The summed E-state index contributed by atoms with van der Waals surface area (Å²) in [5.41, 5.74) is 5.80. The van der Waals surface area contributed by atoms with Crippen LogP contribution in [0.15, 0.2) is 48.0 Å². The number of benzene rings is 2. The molecule has 2 aromatic rings. The molecule has 0 radical (unpaired) electrons. The number of carbonyl (C=O) groups excluding carboxylic acids is 1. The number of nitriles is 1. The van der Waals surface area contributed by atoms with Crippen LogP contribution in [0, 0.1) is 18.3 Å². The number of nitrogens with one attached hydrogen (secondary N) is 1. The Morgan fingerprint density at radius 2 is 2.00 bits per heavy atom. The average molecular weight is 402 g/mol. The minimum atomic E-state index is -0.345. The van der Waals surface area contributed by atoms with Gasteiger partial charge in [0.25, 0.3) is 5.91 Å². The normalized spacial score (nSPS) is 17.8. The van der Waals surface area contributed by atoms with Gasteiger partial charge in [0.1, 0.15) is 11.6 Å². The van der Waals surface area contributed by atoms with E-state index < -0.39 is 0 Å². The van der Waals surface area contributed by atoms with Crippen LogP contribution in [0.4, 0.5) is 5.69 Å². The molecule has 0 saturated heterocycles. The molecule has 0 fully saturated rings. The molecule has 4 nitrogen and oxygen atoms in total. The van der Waals surface area contributed by atoms with E-state index >= 15 is 0 Å². The molecule has 1 atom stereocenters. The molecule has 1 amide bonds. The lowest BCUT2D eigenvalue weighted by atomic mass is 9.79. The molecule has 4 heteroatoms. The maximum atomic E-state index is 12.6. The maximum Gasteiger partial charge on any atom is 0.262 e. The van der Waals surface area contributed by atoms with Crippen molar-refractivity contribution in [3.63, 3.8) is 0 Å². The minimum Gasteiger partial charge on any atom is -0.366 e. The first-order valence-corrected chi connectivity index (χ1v) is 10.6. The zero-order valence-electron chi connectivity index (χ0n) is 18.6. The highest BCUT2D eigenvalue weighted by atomic mass is 16.1. The lowest BCUT2D eigenvalue weighted by molar-refractivity contribution is -0.117. The Balaban J connectivity index is 1.89. The molecule has 0 saturated carbocycles. The van der Waals surface area contributed by atoms with E-state index in [2.05, 4.69) is 56.1 Å². The van der Waals surface area contributed by atoms with Gasteiger partial charge in [0, 0.05) is 24.3 Å². The number of nitrogens with zero attached hydrogens (tertiary/aromatic N) is 2. The first kappa shape index (κ1) is 21.6. The Hall–Kier alpha value is -3.06. The van der Waals surface area contributed by atoms with Crippen molar-refractivity contribution in [3.8, 4) is 6.07 Å². The molecular formula is C26H31N3O. The van der Waals surface area contributed by atoms with Crippen molar-refractivity contribution in [1.82, 2.24) is 5.32 Å². The fourth-order valence-electron chi connectivity index (χ4n) is 4.58. The first-order valence-electron chi connectivity index (χ1n) is 10.6. The van der Waals surface area contributed by atoms with Crippen molar-refractivity contribution in [2.24, 2.45) is 0 Å². The van der Waals surface area contributed by atoms with Gasteiger partial charge in [0.05, 0.1) is 0 Å². The summed E-state index contributed by atoms with van der Waals surface area (Å²) in [6, 6.07) is 16.1. The summed E-state index contributed by atoms with van der Waals surface area (Å²) in [6.45, 7) is 12.4. The number of anilines is 1. The highest BCUT2D eigenvalue weighted by Crippen LogP contribution is 2.44. The van der Waals surface area contributed by atoms with Crippen molar-refractivity contribution in [2.45, 2.75) is 59.0 Å². The third kappa shape index (κ3) is 4.41. The predicted molar refractivity (Wildman–Crippen MR) is 123 cm³/mol. The first-order chi connectivity index (χ1) is 14.3. The number of hydrogen-bond acceptors (Lipinski definition) is 3. The van der Waals surface area contributed by atoms with Crippen LogP contribution in [-0.2, 0) is 11.3 Å². The van der Waals surface area contributed by atoms with E-state index in [1.807, 2.05) is 37.3 Å². The van der Waals surface area contributed by atoms with E-state index in [1.54, 1.807) is 6.08 Å². The molecule has 0 spiro atoms. The lowest BCUT2D eigenvalue weighted by Gasteiger charge is -2.47. The average Bonchev–Trinajstić information content (AvgIpc) is 2.71. The molecule has 156 valence electrons. The molecule has 0 bridgehead atoms. The summed E-state index contributed by atoms with van der Waals surface area (Å²) in [6.07, 6.45) is 2.79. The number of fused-ring (bicyclic) bond motifs is 1. The van der Waals surface area contributed by atoms with Gasteiger partial charge in [-0.3, -0.25) is 4.79 Å². The zero-order valence-corrected chi connectivity index (χ0v) is 18.6. The van der Waals surface area contributed by atoms with Crippen molar-refractivity contribution in [2.75, 3.05) is 11.4 Å². The summed E-state index contributed by atoms with van der Waals surface area (Å²) in [5, 5.41) is 12.4. The summed E-state index contributed by atoms with van der Waals surface area (Å²) in [5.74, 6) is 0.0748. The summed E-state index contributed by atoms with van der Waals surface area (Å²) < 4.78 is 0. The van der Waals surface area contributed by atoms with Crippen LogP contribution in [0.2, 0.25) is 0 Å². The van der Waals surface area contributed by atoms with E-state index in [9.17, 15) is 10.1 Å². The lowest BCUT2D eigenvalue weighted by Crippen LogP contribution is -2.48. The van der Waals surface area contributed by atoms with Gasteiger partial charge < -0.3 is 10.2 Å². The molecule has 1 aliphatic heterocycles. The molecule has 2 aromatic carbocycles. The molecule has 0 aliphatic carbocycles. The second-order valence-corrected chi connectivity index (χ2v) is 8.77. The molecule has 3 rings (SSSR count). The molecule has 1 heterocycles. The van der Waals surface area contributed by atoms with Crippen molar-refractivity contribution < 1.29 is 4.79 Å². The molecule has 0 aromatic heterocycles. The van der Waals surface area contributed by atoms with Gasteiger partial charge in [0.15, 0.2) is 0 Å². The Kier molecular flexibility index (Phi) is 6.31. The van der Waals surface area contributed by atoms with Crippen LogP contribution in [0.1, 0.15) is 62.3 Å². The maximum absolute atomic E-state index is 12.6. The van der Waals surface area contributed by atoms with Crippen molar-refractivity contribution >= 4 is 17.7 Å². The fourth-order valence-corrected chi connectivity index (χ4v) is 4.58. The summed E-state index contributed by atoms with van der Waals surface area (Å²) in [4.78, 5) is 15.0. The van der Waals surface area contributed by atoms with E-state index in [-0.39, 0.29) is 17.0 Å². The second kappa shape index (κ2) is 8.75. The molecule has 0 unspecified atom stereocenters. The van der Waals surface area contributed by atoms with Crippen LogP contribution in [-0.4, -0.2) is 18.0 Å². The zero-order chi connectivity index (χ0) is 21.9. The monoisotopic (exact) mass is 401 g/mol. The molecule has 30 heavy (non-hydrogen) atoms. The number of carbonyl (C=O) groups is 1. The van der Waals surface area contributed by atoms with E-state index in [0.717, 1.165) is 29.7 Å². The summed E-state index contributed by atoms with van der Waals surface area (Å²) in [7, 11) is 0. The quantitative estimate of drug-likeness (QED) is 0.544. The smallest absolute Gasteiger partial charge is 0.262 e. The van der Waals surface area contributed by atoms with E-state index in [0.29, 0.717) is 12.5 Å². The van der Waals surface area contributed by atoms with Crippen LogP contribution < -0.4 is 10.2 Å². The standard InChI is InChI=1S/C26H31N3O/c1-6-29-24-12-18(2)21(14-23(24)19(3)15-26(29,4)5)13-22(16-27)25(30)28-17-20-10-8-7-9-11-20/h7-14,19H,6,15,17H2,1-5H3,(H,28,30)/b22-13-/t19-/m1/s1. The molecular weight excluding hydrogens is 370 g/mol. The Morgan fingerprint density at radius 1 is 1.30 bits per heavy atom. The van der Waals surface area contributed by atoms with E-state index in [1.165, 1.54) is 11.3 Å². The van der Waals surface area contributed by atoms with Crippen LogP contribution in [0.3, 0.4) is 0 Å². The van der Waals surface area contributed by atoms with Gasteiger partial charge in [-0.15, -0.1) is 0 Å². The second-order valence-electron chi connectivity index (χ2n) is 8.77. The van der Waals surface area contributed by atoms with Crippen LogP contribution >= 0.6 is 0 Å². The third-order valence-corrected chi connectivity index (χ3v) is 6.05. The highest BCUT2D eigenvalue weighted by Gasteiger charge is 2.35. The number of amides is 1. The van der Waals surface area contributed by atoms with Crippen LogP contribution in [0.5, 0.6) is 0 Å². The van der Waals surface area contributed by atoms with Gasteiger partial charge >= 0.3 is 0 Å². The van der Waals surface area contributed by atoms with Crippen molar-refractivity contribution in [3.05, 3.63) is 70.3 Å². The van der Waals surface area contributed by atoms with Gasteiger partial charge in [-0.2, -0.15) is 5.26 Å². The van der Waals surface area contributed by atoms with Gasteiger partial charge in [-0.05, 0) is 80.5 Å². The predicted octanol–water partition coefficient (Wildman–Crippen LogP) is 5.33. The third-order valence-electron chi connectivity index (χ3n) is 6.05. The van der Waals surface area contributed by atoms with Gasteiger partial charge in [-0.1, -0.05) is 37.3 Å². The number of hydrogen-bond donors (Lipinski definition) is 1. The summed E-state index contributed by atoms with van der Waals surface area (Å²) >= 11 is 0. The molecule has 1 N–H and O–H groups in total. The Bertz CT molecular complexity index is 999. The largest absolute Gasteiger partial charge is 0.366 e. The number of aryl methyl sites for hydroxylation is 1. The Morgan fingerprint density at radius 3 is 2.63 bits per heavy atom. The van der Waals surface area contributed by atoms with Crippen molar-refractivity contribution in [1.29, 1.82) is 5.26 Å². The highest BCUT2D eigenvalue weighted by molar-refractivity contribution is 6.01. The fraction of sp³-hybridized carbons (Fsp3) is 0.385. The Labute approximate surface area is 180 Å². The van der Waals surface area contributed by atoms with Gasteiger partial charge in [-0.25, -0.2) is 0 Å².